The summed E-state index contributed by atoms with van der Waals surface area (Å²) in [4.78, 5) is 0. The summed E-state index contributed by atoms with van der Waals surface area (Å²) in [5, 5.41) is 18.0. The van der Waals surface area contributed by atoms with E-state index in [2.05, 4.69) is 30.2 Å². The Hall–Kier alpha value is -2.66. The van der Waals surface area contributed by atoms with Gasteiger partial charge in [-0.3, -0.25) is 0 Å². The largest absolute Gasteiger partial charge is 0.497 e. The van der Waals surface area contributed by atoms with E-state index >= 15 is 0 Å². The van der Waals surface area contributed by atoms with Gasteiger partial charge in [-0.05, 0) is 43.2 Å². The molecule has 0 unspecified atom stereocenters. The van der Waals surface area contributed by atoms with Gasteiger partial charge >= 0.3 is 0 Å². The molecular formula is C18H19N3O2. The van der Waals surface area contributed by atoms with Crippen LogP contribution in [-0.4, -0.2) is 27.2 Å². The van der Waals surface area contributed by atoms with Gasteiger partial charge in [-0.25, -0.2) is 4.68 Å². The third kappa shape index (κ3) is 2.71. The molecule has 1 aromatic heterocycles. The molecule has 118 valence electrons. The van der Waals surface area contributed by atoms with Crippen LogP contribution >= 0.6 is 0 Å². The maximum absolute atomic E-state index is 9.64. The molecule has 0 spiro atoms. The van der Waals surface area contributed by atoms with Crippen LogP contribution in [0.3, 0.4) is 0 Å². The monoisotopic (exact) mass is 309 g/mol. The second-order valence-electron chi connectivity index (χ2n) is 5.41. The van der Waals surface area contributed by atoms with E-state index in [9.17, 15) is 5.11 Å². The van der Waals surface area contributed by atoms with Crippen LogP contribution in [0.4, 0.5) is 0 Å². The van der Waals surface area contributed by atoms with Crippen molar-refractivity contribution in [1.82, 2.24) is 15.0 Å². The number of methoxy groups -OCH3 is 1. The van der Waals surface area contributed by atoms with Crippen LogP contribution in [0.25, 0.3) is 16.9 Å². The molecule has 0 fully saturated rings. The van der Waals surface area contributed by atoms with Crippen molar-refractivity contribution in [3.8, 4) is 22.7 Å². The first-order valence-electron chi connectivity index (χ1n) is 7.42. The van der Waals surface area contributed by atoms with Gasteiger partial charge in [-0.1, -0.05) is 29.5 Å². The van der Waals surface area contributed by atoms with Gasteiger partial charge in [-0.15, -0.1) is 5.10 Å². The predicted molar refractivity (Wildman–Crippen MR) is 88.7 cm³/mol. The summed E-state index contributed by atoms with van der Waals surface area (Å²) in [6.45, 7) is 3.95. The van der Waals surface area contributed by atoms with Gasteiger partial charge in [0.1, 0.15) is 17.1 Å². The summed E-state index contributed by atoms with van der Waals surface area (Å²) in [7, 11) is 1.63. The Morgan fingerprint density at radius 1 is 1.13 bits per heavy atom. The van der Waals surface area contributed by atoms with E-state index in [-0.39, 0.29) is 6.61 Å². The summed E-state index contributed by atoms with van der Waals surface area (Å²) in [5.41, 5.74) is 5.49. The first kappa shape index (κ1) is 15.2. The van der Waals surface area contributed by atoms with E-state index < -0.39 is 0 Å². The van der Waals surface area contributed by atoms with Crippen molar-refractivity contribution in [3.05, 3.63) is 59.3 Å². The average molecular weight is 309 g/mol. The minimum absolute atomic E-state index is 0.169. The maximum Gasteiger partial charge on any atom is 0.119 e. The molecule has 0 aliphatic carbocycles. The molecular weight excluding hydrogens is 290 g/mol. The maximum atomic E-state index is 9.64. The van der Waals surface area contributed by atoms with Crippen LogP contribution in [0.15, 0.2) is 42.5 Å². The lowest BCUT2D eigenvalue weighted by Gasteiger charge is -2.12. The molecule has 0 atom stereocenters. The lowest BCUT2D eigenvalue weighted by atomic mass is 10.1. The number of hydrogen-bond acceptors (Lipinski definition) is 4. The van der Waals surface area contributed by atoms with Crippen molar-refractivity contribution < 1.29 is 9.84 Å². The van der Waals surface area contributed by atoms with Crippen LogP contribution in [0, 0.1) is 13.8 Å². The first-order chi connectivity index (χ1) is 11.2. The molecule has 2 aromatic carbocycles. The summed E-state index contributed by atoms with van der Waals surface area (Å²) >= 11 is 0. The average Bonchev–Trinajstić information content (AvgIpc) is 3.01. The number of aryl methyl sites for hydroxylation is 1. The number of aromatic nitrogens is 3. The highest BCUT2D eigenvalue weighted by molar-refractivity contribution is 5.66. The van der Waals surface area contributed by atoms with E-state index in [1.807, 2.05) is 36.4 Å². The van der Waals surface area contributed by atoms with Gasteiger partial charge in [-0.2, -0.15) is 0 Å². The number of benzene rings is 2. The SMILES string of the molecule is COc1cccc(-c2c(CO)nnn2-c2cccc(C)c2C)c1. The minimum Gasteiger partial charge on any atom is -0.497 e. The number of aliphatic hydroxyl groups excluding tert-OH is 1. The second kappa shape index (κ2) is 6.22. The van der Waals surface area contributed by atoms with Gasteiger partial charge in [0.05, 0.1) is 19.4 Å². The van der Waals surface area contributed by atoms with E-state index in [0.717, 1.165) is 28.3 Å². The number of ether oxygens (including phenoxy) is 1. The first-order valence-corrected chi connectivity index (χ1v) is 7.42. The number of nitrogens with zero attached hydrogens (tertiary/aromatic N) is 3. The summed E-state index contributed by atoms with van der Waals surface area (Å²) in [6.07, 6.45) is 0. The predicted octanol–water partition coefficient (Wildman–Crippen LogP) is 3.05. The zero-order valence-corrected chi connectivity index (χ0v) is 13.4. The Labute approximate surface area is 135 Å². The number of aliphatic hydroxyl groups is 1. The summed E-state index contributed by atoms with van der Waals surface area (Å²) in [5.74, 6) is 0.750. The highest BCUT2D eigenvalue weighted by Gasteiger charge is 2.17. The molecule has 5 nitrogen and oxygen atoms in total. The zero-order chi connectivity index (χ0) is 16.4. The second-order valence-corrected chi connectivity index (χ2v) is 5.41. The van der Waals surface area contributed by atoms with Crippen molar-refractivity contribution >= 4 is 0 Å². The highest BCUT2D eigenvalue weighted by Crippen LogP contribution is 2.29. The fourth-order valence-electron chi connectivity index (χ4n) is 2.61. The molecule has 0 saturated heterocycles. The Kier molecular flexibility index (Phi) is 4.12. The van der Waals surface area contributed by atoms with Crippen molar-refractivity contribution in [2.24, 2.45) is 0 Å². The van der Waals surface area contributed by atoms with Crippen molar-refractivity contribution in [2.45, 2.75) is 20.5 Å². The fraction of sp³-hybridized carbons (Fsp3) is 0.222. The normalized spacial score (nSPS) is 10.8. The molecule has 0 radical (unpaired) electrons. The van der Waals surface area contributed by atoms with Crippen molar-refractivity contribution in [2.75, 3.05) is 7.11 Å². The van der Waals surface area contributed by atoms with Gasteiger partial charge < -0.3 is 9.84 Å². The Bertz CT molecular complexity index is 840. The molecule has 0 aliphatic heterocycles. The van der Waals surface area contributed by atoms with E-state index in [1.165, 1.54) is 5.56 Å². The molecule has 0 aliphatic rings. The van der Waals surface area contributed by atoms with Crippen LogP contribution in [-0.2, 0) is 6.61 Å². The van der Waals surface area contributed by atoms with E-state index in [0.29, 0.717) is 5.69 Å². The van der Waals surface area contributed by atoms with Crippen molar-refractivity contribution in [3.63, 3.8) is 0 Å². The zero-order valence-electron chi connectivity index (χ0n) is 13.4. The molecule has 0 saturated carbocycles. The topological polar surface area (TPSA) is 60.2 Å². The third-order valence-electron chi connectivity index (χ3n) is 4.04. The third-order valence-corrected chi connectivity index (χ3v) is 4.04. The fourth-order valence-corrected chi connectivity index (χ4v) is 2.61. The van der Waals surface area contributed by atoms with Gasteiger partial charge in [0.2, 0.25) is 0 Å². The van der Waals surface area contributed by atoms with E-state index in [4.69, 9.17) is 4.74 Å². The van der Waals surface area contributed by atoms with Crippen LogP contribution in [0.2, 0.25) is 0 Å². The molecule has 0 bridgehead atoms. The Morgan fingerprint density at radius 2 is 1.91 bits per heavy atom. The summed E-state index contributed by atoms with van der Waals surface area (Å²) in [6, 6.07) is 13.7. The van der Waals surface area contributed by atoms with Crippen LogP contribution < -0.4 is 4.74 Å². The van der Waals surface area contributed by atoms with E-state index in [1.54, 1.807) is 11.8 Å². The van der Waals surface area contributed by atoms with Gasteiger partial charge in [0.15, 0.2) is 0 Å². The van der Waals surface area contributed by atoms with Gasteiger partial charge in [0, 0.05) is 5.56 Å². The molecule has 23 heavy (non-hydrogen) atoms. The lowest BCUT2D eigenvalue weighted by molar-refractivity contribution is 0.277. The van der Waals surface area contributed by atoms with Crippen LogP contribution in [0.1, 0.15) is 16.8 Å². The Balaban J connectivity index is 2.24. The number of hydrogen-bond donors (Lipinski definition) is 1. The lowest BCUT2D eigenvalue weighted by Crippen LogP contribution is -2.03. The molecule has 1 N–H and O–H groups in total. The molecule has 3 aromatic rings. The molecule has 5 heteroatoms. The van der Waals surface area contributed by atoms with Crippen molar-refractivity contribution in [1.29, 1.82) is 0 Å². The summed E-state index contributed by atoms with van der Waals surface area (Å²) < 4.78 is 7.08. The molecule has 0 amide bonds. The standard InChI is InChI=1S/C18H19N3O2/c1-12-6-4-9-17(13(12)2)21-18(16(11-22)19-20-21)14-7-5-8-15(10-14)23-3/h4-10,22H,11H2,1-3H3. The molecule has 3 rings (SSSR count). The molecule has 1 heterocycles. The quantitative estimate of drug-likeness (QED) is 0.804. The van der Waals surface area contributed by atoms with Gasteiger partial charge in [0.25, 0.3) is 0 Å². The highest BCUT2D eigenvalue weighted by atomic mass is 16.5. The number of rotatable bonds is 4. The Morgan fingerprint density at radius 3 is 2.65 bits per heavy atom. The minimum atomic E-state index is -0.169. The van der Waals surface area contributed by atoms with Crippen LogP contribution in [0.5, 0.6) is 5.75 Å². The smallest absolute Gasteiger partial charge is 0.119 e.